The van der Waals surface area contributed by atoms with Crippen LogP contribution < -0.4 is 10.6 Å². The van der Waals surface area contributed by atoms with Crippen LogP contribution in [-0.4, -0.2) is 54.6 Å². The van der Waals surface area contributed by atoms with Crippen LogP contribution in [0.1, 0.15) is 97.5 Å². The number of hydrogen-bond acceptors (Lipinski definition) is 6. The summed E-state index contributed by atoms with van der Waals surface area (Å²) in [4.78, 5) is 39.5. The Kier molecular flexibility index (Phi) is 9.01. The largest absolute Gasteiger partial charge is 0.446 e. The Balaban J connectivity index is 0.939. The highest BCUT2D eigenvalue weighted by molar-refractivity contribution is 6.02. The van der Waals surface area contributed by atoms with E-state index >= 15 is 0 Å². The zero-order chi connectivity index (χ0) is 32.9. The first-order valence-corrected chi connectivity index (χ1v) is 18.5. The third kappa shape index (κ3) is 5.83. The number of Topliss-reactive ketones (excluding diaryl/α,β-unsaturated/α-hetero) is 2. The fourth-order valence-electron chi connectivity index (χ4n) is 10.7. The molecule has 7 heteroatoms. The van der Waals surface area contributed by atoms with Crippen molar-refractivity contribution in [2.75, 3.05) is 13.1 Å². The number of alkyl carbamates (subject to hydrolysis) is 1. The highest BCUT2D eigenvalue weighted by atomic mass is 16.6. The van der Waals surface area contributed by atoms with Crippen molar-refractivity contribution in [2.45, 2.75) is 122 Å². The molecule has 2 saturated carbocycles. The number of allylic oxidation sites excluding steroid dienone is 2. The van der Waals surface area contributed by atoms with E-state index in [2.05, 4.69) is 44.4 Å². The van der Waals surface area contributed by atoms with Crippen molar-refractivity contribution in [2.24, 2.45) is 35.0 Å². The summed E-state index contributed by atoms with van der Waals surface area (Å²) in [6.07, 6.45) is 10.7. The summed E-state index contributed by atoms with van der Waals surface area (Å²) in [6, 6.07) is 10.4. The third-order valence-corrected chi connectivity index (χ3v) is 13.3. The van der Waals surface area contributed by atoms with Gasteiger partial charge in [0.05, 0.1) is 11.7 Å². The topological polar surface area (TPSA) is 93.7 Å². The van der Waals surface area contributed by atoms with Crippen LogP contribution in [-0.2, 0) is 25.5 Å². The Labute approximate surface area is 280 Å². The molecule has 0 radical (unpaired) electrons. The Morgan fingerprint density at radius 3 is 2.72 bits per heavy atom. The molecular formula is C40H54N2O5. The van der Waals surface area contributed by atoms with E-state index in [9.17, 15) is 14.4 Å². The molecule has 2 N–H and O–H groups in total. The minimum atomic E-state index is -0.409. The molecule has 1 spiro atoms. The first-order chi connectivity index (χ1) is 22.6. The van der Waals surface area contributed by atoms with Crippen LogP contribution in [0.4, 0.5) is 4.79 Å². The molecule has 1 amide bonds. The van der Waals surface area contributed by atoms with Crippen molar-refractivity contribution < 1.29 is 23.9 Å². The van der Waals surface area contributed by atoms with E-state index < -0.39 is 6.09 Å². The van der Waals surface area contributed by atoms with Crippen LogP contribution in [0.5, 0.6) is 0 Å². The summed E-state index contributed by atoms with van der Waals surface area (Å²) >= 11 is 0. The Hall–Kier alpha value is -2.77. The number of rotatable bonds is 8. The summed E-state index contributed by atoms with van der Waals surface area (Å²) in [5.74, 6) is 2.22. The molecule has 254 valence electrons. The van der Waals surface area contributed by atoms with Gasteiger partial charge in [0.1, 0.15) is 11.9 Å². The van der Waals surface area contributed by atoms with E-state index in [4.69, 9.17) is 9.47 Å². The van der Waals surface area contributed by atoms with E-state index in [0.717, 1.165) is 57.1 Å². The molecular weight excluding hydrogens is 588 g/mol. The fourth-order valence-corrected chi connectivity index (χ4v) is 10.7. The first kappa shape index (κ1) is 32.8. The van der Waals surface area contributed by atoms with Crippen LogP contribution >= 0.6 is 0 Å². The second-order valence-electron chi connectivity index (χ2n) is 16.0. The van der Waals surface area contributed by atoms with Gasteiger partial charge in [-0.2, -0.15) is 0 Å². The van der Waals surface area contributed by atoms with E-state index in [1.54, 1.807) is 0 Å². The molecule has 0 bridgehead atoms. The lowest BCUT2D eigenvalue weighted by atomic mass is 9.56. The van der Waals surface area contributed by atoms with Gasteiger partial charge >= 0.3 is 6.09 Å². The number of carbonyl (C=O) groups is 3. The van der Waals surface area contributed by atoms with Gasteiger partial charge in [0.15, 0.2) is 5.78 Å². The summed E-state index contributed by atoms with van der Waals surface area (Å²) in [5, 5.41) is 6.65. The number of amides is 1. The zero-order valence-corrected chi connectivity index (χ0v) is 28.8. The van der Waals surface area contributed by atoms with Crippen LogP contribution in [0.15, 0.2) is 53.1 Å². The van der Waals surface area contributed by atoms with Gasteiger partial charge in [-0.05, 0) is 99.1 Å². The second-order valence-corrected chi connectivity index (χ2v) is 16.0. The molecule has 4 aliphatic carbocycles. The van der Waals surface area contributed by atoms with E-state index in [-0.39, 0.29) is 34.9 Å². The van der Waals surface area contributed by atoms with Crippen LogP contribution in [0.25, 0.3) is 0 Å². The number of aryl methyl sites for hydroxylation is 1. The van der Waals surface area contributed by atoms with Gasteiger partial charge in [0.25, 0.3) is 0 Å². The second kappa shape index (κ2) is 12.9. The van der Waals surface area contributed by atoms with Crippen LogP contribution in [0, 0.1) is 35.0 Å². The zero-order valence-electron chi connectivity index (χ0n) is 28.8. The number of ketones is 2. The smallest absolute Gasteiger partial charge is 0.407 e. The lowest BCUT2D eigenvalue weighted by Crippen LogP contribution is -2.49. The van der Waals surface area contributed by atoms with Gasteiger partial charge in [-0.1, -0.05) is 62.8 Å². The Bertz CT molecular complexity index is 1450. The lowest BCUT2D eigenvalue weighted by molar-refractivity contribution is -0.123. The van der Waals surface area contributed by atoms with E-state index in [1.165, 1.54) is 16.7 Å². The predicted molar refractivity (Wildman–Crippen MR) is 182 cm³/mol. The maximum Gasteiger partial charge on any atom is 0.407 e. The Morgan fingerprint density at radius 2 is 1.91 bits per heavy atom. The molecule has 0 aromatic heterocycles. The van der Waals surface area contributed by atoms with Gasteiger partial charge in [-0.3, -0.25) is 9.59 Å². The molecule has 1 aromatic rings. The van der Waals surface area contributed by atoms with Gasteiger partial charge < -0.3 is 20.1 Å². The van der Waals surface area contributed by atoms with Crippen LogP contribution in [0.3, 0.4) is 0 Å². The minimum absolute atomic E-state index is 0.000983. The number of benzene rings is 1. The predicted octanol–water partition coefficient (Wildman–Crippen LogP) is 6.90. The first-order valence-electron chi connectivity index (χ1n) is 18.5. The third-order valence-electron chi connectivity index (χ3n) is 13.3. The number of piperidine rings is 1. The molecule has 0 unspecified atom stereocenters. The summed E-state index contributed by atoms with van der Waals surface area (Å²) < 4.78 is 12.9. The molecule has 4 fully saturated rings. The average molecular weight is 643 g/mol. The summed E-state index contributed by atoms with van der Waals surface area (Å²) in [6.45, 7) is 10.6. The van der Waals surface area contributed by atoms with Crippen LogP contribution in [0.2, 0.25) is 0 Å². The number of hydrogen-bond donors (Lipinski definition) is 2. The lowest BCUT2D eigenvalue weighted by Gasteiger charge is -2.48. The maximum absolute atomic E-state index is 14.5. The number of ether oxygens (including phenoxy) is 2. The highest BCUT2D eigenvalue weighted by Crippen LogP contribution is 2.64. The molecule has 10 atom stereocenters. The molecule has 2 heterocycles. The summed E-state index contributed by atoms with van der Waals surface area (Å²) in [7, 11) is 0. The van der Waals surface area contributed by atoms with Crippen molar-refractivity contribution in [1.29, 1.82) is 0 Å². The normalized spacial score (nSPS) is 39.1. The molecule has 7 rings (SSSR count). The van der Waals surface area contributed by atoms with Crippen molar-refractivity contribution in [3.63, 3.8) is 0 Å². The van der Waals surface area contributed by atoms with Gasteiger partial charge in [0.2, 0.25) is 0 Å². The van der Waals surface area contributed by atoms with Gasteiger partial charge in [0, 0.05) is 49.3 Å². The maximum atomic E-state index is 14.5. The van der Waals surface area contributed by atoms with Gasteiger partial charge in [-0.25, -0.2) is 4.79 Å². The van der Waals surface area contributed by atoms with Crippen molar-refractivity contribution in [3.05, 3.63) is 58.7 Å². The molecule has 2 aliphatic heterocycles. The average Bonchev–Trinajstić information content (AvgIpc) is 3.51. The Morgan fingerprint density at radius 1 is 1.11 bits per heavy atom. The molecule has 6 aliphatic rings. The number of fused-ring (bicyclic) bond motifs is 6. The quantitative estimate of drug-likeness (QED) is 0.237. The molecule has 7 nitrogen and oxygen atoms in total. The van der Waals surface area contributed by atoms with E-state index in [1.807, 2.05) is 30.3 Å². The number of nitrogens with one attached hydrogen (secondary N) is 2. The molecule has 2 saturated heterocycles. The summed E-state index contributed by atoms with van der Waals surface area (Å²) in [5.41, 5.74) is 4.26. The monoisotopic (exact) mass is 642 g/mol. The SMILES string of the molecule is CC1=C2C(=O)[C@H]3[C@@H](CC=C4C[C@@H](OC(=O)NCCCC(=O)CCc5ccccc5)CC[C@@]43C)[C@@H]2CC[C@]12O[C@@H]1C[C@H](C)CN[C@H]1[C@H]2C. The highest BCUT2D eigenvalue weighted by Gasteiger charge is 2.63. The van der Waals surface area contributed by atoms with Crippen molar-refractivity contribution >= 4 is 17.7 Å². The number of carbonyl (C=O) groups excluding carboxylic acids is 3. The molecule has 1 aromatic carbocycles. The van der Waals surface area contributed by atoms with Crippen molar-refractivity contribution in [3.8, 4) is 0 Å². The van der Waals surface area contributed by atoms with Crippen molar-refractivity contribution in [1.82, 2.24) is 10.6 Å². The minimum Gasteiger partial charge on any atom is -0.446 e. The standard InChI is InChI=1S/C40H54N2O5/c1-24-21-33-36(42-23-24)26(3)40(47-33)19-17-31-32-15-13-28-22-30(16-18-39(28,4)35(32)37(44)34(31)25(40)2)46-38(45)41-20-8-11-29(43)14-12-27-9-6-5-7-10-27/h5-7,9-10,13,24,26,30-33,35-36,42H,8,11-12,14-23H2,1-4H3,(H,41,45)/t24-,26+,30-,31-,32-,33+,35+,36-,39-,40-/m0/s1. The molecule has 47 heavy (non-hydrogen) atoms. The van der Waals surface area contributed by atoms with E-state index in [0.29, 0.717) is 67.7 Å². The van der Waals surface area contributed by atoms with Gasteiger partial charge in [-0.15, -0.1) is 0 Å². The fraction of sp³-hybridized carbons (Fsp3) is 0.675.